The molecular weight excluding hydrogens is 228 g/mol. The number of esters is 1. The van der Waals surface area contributed by atoms with Crippen molar-refractivity contribution in [1.82, 2.24) is 0 Å². The van der Waals surface area contributed by atoms with Gasteiger partial charge >= 0.3 is 5.97 Å². The second kappa shape index (κ2) is 5.71. The molecule has 1 aromatic rings. The number of benzene rings is 1. The van der Waals surface area contributed by atoms with E-state index in [1.54, 1.807) is 12.1 Å². The third-order valence-electron chi connectivity index (χ3n) is 2.63. The van der Waals surface area contributed by atoms with Gasteiger partial charge in [-0.25, -0.2) is 4.79 Å². The summed E-state index contributed by atoms with van der Waals surface area (Å²) in [5.41, 5.74) is 1.43. The molecule has 0 aliphatic rings. The van der Waals surface area contributed by atoms with Crippen molar-refractivity contribution in [3.63, 3.8) is 0 Å². The van der Waals surface area contributed by atoms with E-state index in [-0.39, 0.29) is 17.8 Å². The molecule has 18 heavy (non-hydrogen) atoms. The highest BCUT2D eigenvalue weighted by molar-refractivity contribution is 5.81. The minimum absolute atomic E-state index is 0.144. The number of carbonyl (C=O) groups excluding carboxylic acids is 1. The Labute approximate surface area is 108 Å². The second-order valence-corrected chi connectivity index (χ2v) is 5.11. The van der Waals surface area contributed by atoms with Gasteiger partial charge in [-0.1, -0.05) is 27.4 Å². The fourth-order valence-corrected chi connectivity index (χ4v) is 1.62. The number of aromatic hydroxyl groups is 1. The Bertz CT molecular complexity index is 442. The van der Waals surface area contributed by atoms with Crippen LogP contribution in [0.5, 0.6) is 5.75 Å². The Kier molecular flexibility index (Phi) is 4.54. The molecule has 0 saturated heterocycles. The first-order valence-electron chi connectivity index (χ1n) is 5.88. The van der Waals surface area contributed by atoms with Crippen LogP contribution in [0.3, 0.4) is 0 Å². The van der Waals surface area contributed by atoms with Gasteiger partial charge < -0.3 is 9.84 Å². The molecule has 0 atom stereocenters. The molecule has 0 unspecified atom stereocenters. The van der Waals surface area contributed by atoms with E-state index in [1.807, 2.05) is 20.8 Å². The molecule has 0 aliphatic heterocycles. The van der Waals surface area contributed by atoms with Crippen LogP contribution in [0.4, 0.5) is 0 Å². The van der Waals surface area contributed by atoms with E-state index in [9.17, 15) is 9.90 Å². The molecule has 97 valence electrons. The largest absolute Gasteiger partial charge is 0.507 e. The van der Waals surface area contributed by atoms with Gasteiger partial charge in [0, 0.05) is 18.1 Å². The molecule has 0 aromatic heterocycles. The van der Waals surface area contributed by atoms with Crippen LogP contribution >= 0.6 is 0 Å². The van der Waals surface area contributed by atoms with Gasteiger partial charge in [-0.2, -0.15) is 0 Å². The van der Waals surface area contributed by atoms with Gasteiger partial charge in [-0.05, 0) is 29.2 Å². The Balaban J connectivity index is 2.79. The SMILES string of the molecule is C=CC(=O)OCCc1c[c]cc(C(C)(C)C)c1O. The quantitative estimate of drug-likeness (QED) is 0.657. The Morgan fingerprint density at radius 1 is 1.50 bits per heavy atom. The van der Waals surface area contributed by atoms with E-state index in [0.29, 0.717) is 6.42 Å². The summed E-state index contributed by atoms with van der Waals surface area (Å²) < 4.78 is 4.89. The zero-order valence-electron chi connectivity index (χ0n) is 11.1. The molecule has 3 nitrogen and oxygen atoms in total. The monoisotopic (exact) mass is 247 g/mol. The number of rotatable bonds is 4. The fraction of sp³-hybridized carbons (Fsp3) is 0.400. The molecule has 0 bridgehead atoms. The molecule has 1 aromatic carbocycles. The summed E-state index contributed by atoms with van der Waals surface area (Å²) in [5, 5.41) is 10.2. The van der Waals surface area contributed by atoms with Crippen LogP contribution in [0.1, 0.15) is 31.9 Å². The number of phenolic OH excluding ortho intramolecular Hbond substituents is 1. The molecule has 1 radical (unpaired) electrons. The van der Waals surface area contributed by atoms with E-state index in [0.717, 1.165) is 17.2 Å². The summed E-state index contributed by atoms with van der Waals surface area (Å²) in [6.45, 7) is 9.62. The van der Waals surface area contributed by atoms with Crippen LogP contribution < -0.4 is 0 Å². The molecule has 0 fully saturated rings. The molecule has 1 N–H and O–H groups in total. The van der Waals surface area contributed by atoms with E-state index in [1.165, 1.54) is 0 Å². The molecule has 0 spiro atoms. The number of hydrogen-bond donors (Lipinski definition) is 1. The summed E-state index contributed by atoms with van der Waals surface area (Å²) in [4.78, 5) is 10.9. The highest BCUT2D eigenvalue weighted by atomic mass is 16.5. The van der Waals surface area contributed by atoms with Gasteiger partial charge in [-0.3, -0.25) is 0 Å². The molecule has 0 amide bonds. The fourth-order valence-electron chi connectivity index (χ4n) is 1.62. The average molecular weight is 247 g/mol. The van der Waals surface area contributed by atoms with Crippen molar-refractivity contribution < 1.29 is 14.6 Å². The predicted molar refractivity (Wildman–Crippen MR) is 70.5 cm³/mol. The molecular formula is C15H19O3. The van der Waals surface area contributed by atoms with Crippen molar-refractivity contribution in [3.8, 4) is 5.75 Å². The zero-order valence-corrected chi connectivity index (χ0v) is 11.1. The van der Waals surface area contributed by atoms with Gasteiger partial charge in [0.05, 0.1) is 6.61 Å². The van der Waals surface area contributed by atoms with Gasteiger partial charge in [0.2, 0.25) is 0 Å². The minimum atomic E-state index is -0.453. The van der Waals surface area contributed by atoms with Gasteiger partial charge in [0.1, 0.15) is 5.75 Å². The van der Waals surface area contributed by atoms with Crippen molar-refractivity contribution in [3.05, 3.63) is 42.0 Å². The number of hydrogen-bond acceptors (Lipinski definition) is 3. The first-order valence-corrected chi connectivity index (χ1v) is 5.88. The van der Waals surface area contributed by atoms with E-state index >= 15 is 0 Å². The van der Waals surface area contributed by atoms with Crippen LogP contribution in [-0.4, -0.2) is 17.7 Å². The van der Waals surface area contributed by atoms with Gasteiger partial charge in [0.25, 0.3) is 0 Å². The molecule has 0 aliphatic carbocycles. The van der Waals surface area contributed by atoms with E-state index in [2.05, 4.69) is 12.6 Å². The zero-order chi connectivity index (χ0) is 13.8. The van der Waals surface area contributed by atoms with Crippen molar-refractivity contribution in [2.45, 2.75) is 32.6 Å². The highest BCUT2D eigenvalue weighted by Gasteiger charge is 2.19. The molecule has 1 rings (SSSR count). The maximum Gasteiger partial charge on any atom is 0.330 e. The van der Waals surface area contributed by atoms with Crippen LogP contribution in [0.25, 0.3) is 0 Å². The normalized spacial score (nSPS) is 11.1. The third kappa shape index (κ3) is 3.62. The maximum atomic E-state index is 10.9. The van der Waals surface area contributed by atoms with E-state index in [4.69, 9.17) is 4.74 Å². The predicted octanol–water partition coefficient (Wildman–Crippen LogP) is 2.76. The second-order valence-electron chi connectivity index (χ2n) is 5.11. The van der Waals surface area contributed by atoms with Crippen molar-refractivity contribution in [2.75, 3.05) is 6.61 Å². The van der Waals surface area contributed by atoms with Gasteiger partial charge in [0.15, 0.2) is 0 Å². The molecule has 3 heteroatoms. The maximum absolute atomic E-state index is 10.9. The van der Waals surface area contributed by atoms with Crippen molar-refractivity contribution in [2.24, 2.45) is 0 Å². The summed E-state index contributed by atoms with van der Waals surface area (Å²) >= 11 is 0. The van der Waals surface area contributed by atoms with Crippen LogP contribution in [0.2, 0.25) is 0 Å². The lowest BCUT2D eigenvalue weighted by molar-refractivity contribution is -0.137. The summed E-state index contributed by atoms with van der Waals surface area (Å²) in [6, 6.07) is 6.51. The summed E-state index contributed by atoms with van der Waals surface area (Å²) in [5.74, 6) is -0.193. The van der Waals surface area contributed by atoms with Gasteiger partial charge in [-0.15, -0.1) is 0 Å². The number of phenols is 1. The Morgan fingerprint density at radius 3 is 2.72 bits per heavy atom. The van der Waals surface area contributed by atoms with Crippen molar-refractivity contribution >= 4 is 5.97 Å². The lowest BCUT2D eigenvalue weighted by Crippen LogP contribution is -2.12. The lowest BCUT2D eigenvalue weighted by Gasteiger charge is -2.21. The van der Waals surface area contributed by atoms with E-state index < -0.39 is 5.97 Å². The number of carbonyl (C=O) groups is 1. The summed E-state index contributed by atoms with van der Waals surface area (Å²) in [6.07, 6.45) is 1.59. The highest BCUT2D eigenvalue weighted by Crippen LogP contribution is 2.32. The Morgan fingerprint density at radius 2 is 2.17 bits per heavy atom. The topological polar surface area (TPSA) is 46.5 Å². The summed E-state index contributed by atoms with van der Waals surface area (Å²) in [7, 11) is 0. The molecule has 0 heterocycles. The number of ether oxygens (including phenoxy) is 1. The first-order chi connectivity index (χ1) is 8.36. The standard InChI is InChI=1S/C15H19O3/c1-5-13(16)18-10-9-11-7-6-8-12(14(11)17)15(2,3)4/h5,7-8,17H,1,9-10H2,2-4H3. The van der Waals surface area contributed by atoms with Crippen LogP contribution in [0.15, 0.2) is 24.8 Å². The van der Waals surface area contributed by atoms with Crippen molar-refractivity contribution in [1.29, 1.82) is 0 Å². The smallest absolute Gasteiger partial charge is 0.330 e. The Hall–Kier alpha value is -1.77. The minimum Gasteiger partial charge on any atom is -0.507 e. The lowest BCUT2D eigenvalue weighted by atomic mass is 9.85. The third-order valence-corrected chi connectivity index (χ3v) is 2.63. The van der Waals surface area contributed by atoms with Crippen LogP contribution in [-0.2, 0) is 21.4 Å². The average Bonchev–Trinajstić information content (AvgIpc) is 2.29. The van der Waals surface area contributed by atoms with Crippen LogP contribution in [0, 0.1) is 6.07 Å². The molecule has 0 saturated carbocycles. The first kappa shape index (κ1) is 14.3.